The van der Waals surface area contributed by atoms with E-state index in [0.29, 0.717) is 6.04 Å². The molecule has 1 unspecified atom stereocenters. The molecular weight excluding hydrogens is 336 g/mol. The first kappa shape index (κ1) is 17.9. The summed E-state index contributed by atoms with van der Waals surface area (Å²) in [5.41, 5.74) is 6.80. The summed E-state index contributed by atoms with van der Waals surface area (Å²) < 4.78 is 10.8. The van der Waals surface area contributed by atoms with Gasteiger partial charge in [0.05, 0.1) is 14.2 Å². The van der Waals surface area contributed by atoms with Gasteiger partial charge < -0.3 is 19.8 Å². The molecule has 0 saturated carbocycles. The van der Waals surface area contributed by atoms with E-state index in [0.717, 1.165) is 43.7 Å². The van der Waals surface area contributed by atoms with E-state index in [4.69, 9.17) is 9.47 Å². The van der Waals surface area contributed by atoms with E-state index in [2.05, 4.69) is 47.6 Å². The summed E-state index contributed by atoms with van der Waals surface area (Å²) >= 11 is 0. The number of hydrogen-bond acceptors (Lipinski definition) is 3. The fraction of sp³-hybridized carbons (Fsp3) is 0.391. The number of H-pyrrole nitrogens is 1. The Morgan fingerprint density at radius 1 is 1.00 bits per heavy atom. The predicted molar refractivity (Wildman–Crippen MR) is 110 cm³/mol. The number of aryl methyl sites for hydroxylation is 2. The number of hydrogen-bond donors (Lipinski definition) is 2. The average molecular weight is 364 g/mol. The second-order valence-electron chi connectivity index (χ2n) is 7.24. The quantitative estimate of drug-likeness (QED) is 0.674. The van der Waals surface area contributed by atoms with Gasteiger partial charge in [-0.3, -0.25) is 0 Å². The SMILES string of the molecule is CCc1ccc2[nH]c3c(c2c1)CCNC3CCc1ccc(OC)c(OC)c1. The minimum atomic E-state index is 0.360. The Morgan fingerprint density at radius 2 is 1.81 bits per heavy atom. The summed E-state index contributed by atoms with van der Waals surface area (Å²) in [6.07, 6.45) is 4.22. The number of nitrogens with one attached hydrogen (secondary N) is 2. The van der Waals surface area contributed by atoms with Gasteiger partial charge in [0, 0.05) is 22.6 Å². The summed E-state index contributed by atoms with van der Waals surface area (Å²) in [7, 11) is 3.36. The van der Waals surface area contributed by atoms with Crippen LogP contribution in [0.1, 0.15) is 41.8 Å². The third-order valence-electron chi connectivity index (χ3n) is 5.70. The highest BCUT2D eigenvalue weighted by Crippen LogP contribution is 2.34. The number of aromatic nitrogens is 1. The van der Waals surface area contributed by atoms with Gasteiger partial charge in [-0.05, 0) is 73.2 Å². The summed E-state index contributed by atoms with van der Waals surface area (Å²) in [4.78, 5) is 3.69. The molecule has 0 amide bonds. The van der Waals surface area contributed by atoms with Crippen LogP contribution in [0.15, 0.2) is 36.4 Å². The van der Waals surface area contributed by atoms with Crippen LogP contribution in [0, 0.1) is 0 Å². The highest BCUT2D eigenvalue weighted by atomic mass is 16.5. The van der Waals surface area contributed by atoms with Crippen LogP contribution < -0.4 is 14.8 Å². The van der Waals surface area contributed by atoms with Gasteiger partial charge in [-0.25, -0.2) is 0 Å². The molecule has 4 nitrogen and oxygen atoms in total. The first-order chi connectivity index (χ1) is 13.2. The molecule has 0 spiro atoms. The standard InChI is InChI=1S/C23H28N2O2/c1-4-15-5-8-19-18(13-15)17-11-12-24-20(23(17)25-19)9-6-16-7-10-21(26-2)22(14-16)27-3/h5,7-8,10,13-14,20,24-25H,4,6,9,11-12H2,1-3H3. The Bertz CT molecular complexity index is 945. The van der Waals surface area contributed by atoms with Gasteiger partial charge >= 0.3 is 0 Å². The first-order valence-corrected chi connectivity index (χ1v) is 9.81. The minimum absolute atomic E-state index is 0.360. The molecule has 1 aliphatic rings. The van der Waals surface area contributed by atoms with Crippen molar-refractivity contribution in [1.82, 2.24) is 10.3 Å². The van der Waals surface area contributed by atoms with Crippen LogP contribution in [-0.4, -0.2) is 25.7 Å². The van der Waals surface area contributed by atoms with Gasteiger partial charge in [-0.1, -0.05) is 19.1 Å². The van der Waals surface area contributed by atoms with Gasteiger partial charge in [-0.15, -0.1) is 0 Å². The molecule has 2 heterocycles. The van der Waals surface area contributed by atoms with Crippen molar-refractivity contribution in [2.75, 3.05) is 20.8 Å². The molecule has 4 heteroatoms. The van der Waals surface area contributed by atoms with Crippen LogP contribution in [0.4, 0.5) is 0 Å². The molecule has 1 aromatic heterocycles. The van der Waals surface area contributed by atoms with E-state index in [1.165, 1.54) is 33.3 Å². The number of benzene rings is 2. The van der Waals surface area contributed by atoms with Crippen molar-refractivity contribution in [3.63, 3.8) is 0 Å². The van der Waals surface area contributed by atoms with Gasteiger partial charge in [-0.2, -0.15) is 0 Å². The highest BCUT2D eigenvalue weighted by molar-refractivity contribution is 5.85. The molecule has 2 N–H and O–H groups in total. The van der Waals surface area contributed by atoms with Gasteiger partial charge in [0.15, 0.2) is 11.5 Å². The maximum atomic E-state index is 5.44. The zero-order valence-corrected chi connectivity index (χ0v) is 16.4. The topological polar surface area (TPSA) is 46.3 Å². The van der Waals surface area contributed by atoms with Gasteiger partial charge in [0.2, 0.25) is 0 Å². The minimum Gasteiger partial charge on any atom is -0.493 e. The van der Waals surface area contributed by atoms with Crippen molar-refractivity contribution >= 4 is 10.9 Å². The fourth-order valence-corrected chi connectivity index (χ4v) is 4.17. The predicted octanol–water partition coefficient (Wildman–Crippen LogP) is 4.57. The van der Waals surface area contributed by atoms with E-state index in [1.54, 1.807) is 14.2 Å². The summed E-state index contributed by atoms with van der Waals surface area (Å²) in [6, 6.07) is 13.4. The first-order valence-electron chi connectivity index (χ1n) is 9.81. The normalized spacial score (nSPS) is 16.3. The maximum Gasteiger partial charge on any atom is 0.160 e. The van der Waals surface area contributed by atoms with E-state index < -0.39 is 0 Å². The van der Waals surface area contributed by atoms with Crippen molar-refractivity contribution in [2.45, 2.75) is 38.6 Å². The third kappa shape index (κ3) is 3.42. The number of ether oxygens (including phenoxy) is 2. The van der Waals surface area contributed by atoms with Crippen molar-refractivity contribution in [1.29, 1.82) is 0 Å². The molecule has 0 saturated heterocycles. The maximum absolute atomic E-state index is 5.44. The smallest absolute Gasteiger partial charge is 0.160 e. The van der Waals surface area contributed by atoms with Crippen molar-refractivity contribution in [3.05, 3.63) is 58.8 Å². The lowest BCUT2D eigenvalue weighted by Crippen LogP contribution is -2.30. The van der Waals surface area contributed by atoms with Crippen LogP contribution >= 0.6 is 0 Å². The number of rotatable bonds is 6. The zero-order chi connectivity index (χ0) is 18.8. The van der Waals surface area contributed by atoms with E-state index in [-0.39, 0.29) is 0 Å². The molecule has 4 rings (SSSR count). The van der Waals surface area contributed by atoms with E-state index in [1.807, 2.05) is 6.07 Å². The fourth-order valence-electron chi connectivity index (χ4n) is 4.17. The lowest BCUT2D eigenvalue weighted by molar-refractivity contribution is 0.354. The van der Waals surface area contributed by atoms with E-state index in [9.17, 15) is 0 Å². The van der Waals surface area contributed by atoms with Crippen molar-refractivity contribution < 1.29 is 9.47 Å². The average Bonchev–Trinajstić information content (AvgIpc) is 3.10. The second-order valence-corrected chi connectivity index (χ2v) is 7.24. The number of aromatic amines is 1. The molecule has 0 fully saturated rings. The second kappa shape index (κ2) is 7.65. The summed E-state index contributed by atoms with van der Waals surface area (Å²) in [5.74, 6) is 1.58. The van der Waals surface area contributed by atoms with Gasteiger partial charge in [0.1, 0.15) is 0 Å². The molecule has 142 valence electrons. The van der Waals surface area contributed by atoms with Crippen molar-refractivity contribution in [3.8, 4) is 11.5 Å². The molecule has 1 aliphatic heterocycles. The highest BCUT2D eigenvalue weighted by Gasteiger charge is 2.23. The largest absolute Gasteiger partial charge is 0.493 e. The molecule has 0 radical (unpaired) electrons. The van der Waals surface area contributed by atoms with Crippen LogP contribution in [0.5, 0.6) is 11.5 Å². The van der Waals surface area contributed by atoms with E-state index >= 15 is 0 Å². The summed E-state index contributed by atoms with van der Waals surface area (Å²) in [5, 5.41) is 5.10. The molecular formula is C23H28N2O2. The lowest BCUT2D eigenvalue weighted by Gasteiger charge is -2.24. The Morgan fingerprint density at radius 3 is 2.59 bits per heavy atom. The monoisotopic (exact) mass is 364 g/mol. The molecule has 2 aromatic carbocycles. The zero-order valence-electron chi connectivity index (χ0n) is 16.4. The number of fused-ring (bicyclic) bond motifs is 3. The van der Waals surface area contributed by atoms with Crippen LogP contribution in [-0.2, 0) is 19.3 Å². The van der Waals surface area contributed by atoms with Gasteiger partial charge in [0.25, 0.3) is 0 Å². The summed E-state index contributed by atoms with van der Waals surface area (Å²) in [6.45, 7) is 3.25. The Labute approximate surface area is 160 Å². The molecule has 0 aliphatic carbocycles. The Balaban J connectivity index is 1.56. The molecule has 0 bridgehead atoms. The number of methoxy groups -OCH3 is 2. The Hall–Kier alpha value is -2.46. The molecule has 1 atom stereocenters. The molecule has 3 aromatic rings. The van der Waals surface area contributed by atoms with Crippen LogP contribution in [0.25, 0.3) is 10.9 Å². The lowest BCUT2D eigenvalue weighted by atomic mass is 9.94. The van der Waals surface area contributed by atoms with Crippen molar-refractivity contribution in [2.24, 2.45) is 0 Å². The Kier molecular flexibility index (Phi) is 5.08. The third-order valence-corrected chi connectivity index (χ3v) is 5.70. The van der Waals surface area contributed by atoms with Crippen LogP contribution in [0.2, 0.25) is 0 Å². The molecule has 27 heavy (non-hydrogen) atoms. The van der Waals surface area contributed by atoms with Crippen LogP contribution in [0.3, 0.4) is 0 Å².